The van der Waals surface area contributed by atoms with Crippen molar-refractivity contribution in [3.8, 4) is 0 Å². The molecule has 0 heterocycles. The van der Waals surface area contributed by atoms with Gasteiger partial charge in [0.05, 0.1) is 12.2 Å². The molecule has 0 radical (unpaired) electrons. The van der Waals surface area contributed by atoms with Crippen molar-refractivity contribution in [2.75, 3.05) is 0 Å². The number of aliphatic hydroxyl groups is 2. The number of hydrogen-bond acceptors (Lipinski definition) is 8. The summed E-state index contributed by atoms with van der Waals surface area (Å²) in [5.74, 6) is -1.28. The molecule has 242 valence electrons. The van der Waals surface area contributed by atoms with Gasteiger partial charge < -0.3 is 24.4 Å². The Balaban J connectivity index is 1.74. The van der Waals surface area contributed by atoms with Crippen LogP contribution in [0.3, 0.4) is 0 Å². The van der Waals surface area contributed by atoms with Gasteiger partial charge in [-0.3, -0.25) is 14.4 Å². The molecule has 0 aromatic carbocycles. The number of carbonyl (C=O) groups excluding carboxylic acids is 3. The minimum atomic E-state index is -0.809. The molecule has 3 fully saturated rings. The van der Waals surface area contributed by atoms with Gasteiger partial charge in [-0.2, -0.15) is 0 Å². The van der Waals surface area contributed by atoms with Crippen molar-refractivity contribution >= 4 is 17.9 Å². The van der Waals surface area contributed by atoms with Crippen LogP contribution in [0.15, 0.2) is 23.3 Å². The van der Waals surface area contributed by atoms with Crippen molar-refractivity contribution in [3.05, 3.63) is 23.3 Å². The zero-order chi connectivity index (χ0) is 32.0. The zero-order valence-corrected chi connectivity index (χ0v) is 27.6. The van der Waals surface area contributed by atoms with Gasteiger partial charge in [0.15, 0.2) is 0 Å². The van der Waals surface area contributed by atoms with E-state index in [9.17, 15) is 24.6 Å². The number of ether oxygens (including phenoxy) is 3. The number of carbonyl (C=O) groups is 3. The van der Waals surface area contributed by atoms with Crippen molar-refractivity contribution in [1.82, 2.24) is 0 Å². The molecule has 0 aromatic heterocycles. The van der Waals surface area contributed by atoms with E-state index in [0.29, 0.717) is 31.6 Å². The predicted octanol–water partition coefficient (Wildman–Crippen LogP) is 5.54. The molecule has 3 saturated carbocycles. The molecule has 4 aliphatic rings. The van der Waals surface area contributed by atoms with Gasteiger partial charge in [0.2, 0.25) is 0 Å². The van der Waals surface area contributed by atoms with E-state index in [2.05, 4.69) is 40.7 Å². The molecule has 0 amide bonds. The molecule has 8 heteroatoms. The van der Waals surface area contributed by atoms with Gasteiger partial charge in [0.25, 0.3) is 0 Å². The summed E-state index contributed by atoms with van der Waals surface area (Å²) in [6.45, 7) is 16.9. The third-order valence-electron chi connectivity index (χ3n) is 11.8. The van der Waals surface area contributed by atoms with Crippen molar-refractivity contribution in [3.63, 3.8) is 0 Å². The fourth-order valence-corrected chi connectivity index (χ4v) is 9.99. The monoisotopic (exact) mass is 602 g/mol. The van der Waals surface area contributed by atoms with Crippen LogP contribution in [0.25, 0.3) is 0 Å². The first kappa shape index (κ1) is 33.7. The highest BCUT2D eigenvalue weighted by Gasteiger charge is 2.66. The lowest BCUT2D eigenvalue weighted by Crippen LogP contribution is -2.64. The van der Waals surface area contributed by atoms with Crippen LogP contribution in [0.1, 0.15) is 101 Å². The first-order valence-electron chi connectivity index (χ1n) is 16.3. The quantitative estimate of drug-likeness (QED) is 0.211. The molecule has 0 spiro atoms. The van der Waals surface area contributed by atoms with Crippen LogP contribution in [0.2, 0.25) is 0 Å². The third-order valence-corrected chi connectivity index (χ3v) is 11.8. The molecule has 2 N–H and O–H groups in total. The third kappa shape index (κ3) is 6.20. The lowest BCUT2D eigenvalue weighted by Gasteiger charge is -2.61. The summed E-state index contributed by atoms with van der Waals surface area (Å²) in [5, 5.41) is 23.5. The average molecular weight is 603 g/mol. The summed E-state index contributed by atoms with van der Waals surface area (Å²) in [6.07, 6.45) is 5.08. The highest BCUT2D eigenvalue weighted by Crippen LogP contribution is 2.67. The molecule has 0 saturated heterocycles. The highest BCUT2D eigenvalue weighted by atomic mass is 16.6. The molecule has 4 aliphatic carbocycles. The van der Waals surface area contributed by atoms with E-state index in [4.69, 9.17) is 14.2 Å². The lowest BCUT2D eigenvalue weighted by atomic mass is 9.45. The second-order valence-electron chi connectivity index (χ2n) is 14.7. The maximum Gasteiger partial charge on any atom is 0.303 e. The Morgan fingerprint density at radius 2 is 1.60 bits per heavy atom. The van der Waals surface area contributed by atoms with Crippen LogP contribution >= 0.6 is 0 Å². The number of aliphatic hydroxyl groups excluding tert-OH is 2. The smallest absolute Gasteiger partial charge is 0.303 e. The Morgan fingerprint density at radius 3 is 2.16 bits per heavy atom. The molecular formula is C35H54O8. The van der Waals surface area contributed by atoms with Gasteiger partial charge >= 0.3 is 17.9 Å². The van der Waals surface area contributed by atoms with Crippen LogP contribution in [0.5, 0.6) is 0 Å². The van der Waals surface area contributed by atoms with Gasteiger partial charge in [-0.15, -0.1) is 0 Å². The van der Waals surface area contributed by atoms with Crippen LogP contribution in [0, 0.1) is 46.3 Å². The number of fused-ring (bicyclic) bond motifs is 5. The topological polar surface area (TPSA) is 119 Å². The molecule has 43 heavy (non-hydrogen) atoms. The van der Waals surface area contributed by atoms with Crippen LogP contribution in [0.4, 0.5) is 0 Å². The van der Waals surface area contributed by atoms with E-state index in [0.717, 1.165) is 18.4 Å². The Morgan fingerprint density at radius 1 is 0.977 bits per heavy atom. The number of esters is 3. The first-order chi connectivity index (χ1) is 20.0. The zero-order valence-electron chi connectivity index (χ0n) is 27.6. The molecular weight excluding hydrogens is 548 g/mol. The number of allylic oxidation sites excluding steroid dienone is 1. The maximum atomic E-state index is 12.4. The molecule has 0 unspecified atom stereocenters. The van der Waals surface area contributed by atoms with Gasteiger partial charge in [-0.05, 0) is 86.0 Å². The molecule has 4 rings (SSSR count). The normalized spacial score (nSPS) is 40.4. The summed E-state index contributed by atoms with van der Waals surface area (Å²) >= 11 is 0. The Bertz CT molecular complexity index is 1140. The van der Waals surface area contributed by atoms with E-state index in [1.165, 1.54) is 26.3 Å². The Hall–Kier alpha value is -2.19. The average Bonchev–Trinajstić information content (AvgIpc) is 3.23. The first-order valence-corrected chi connectivity index (χ1v) is 16.3. The van der Waals surface area contributed by atoms with Gasteiger partial charge in [0.1, 0.15) is 18.3 Å². The van der Waals surface area contributed by atoms with E-state index in [-0.39, 0.29) is 29.1 Å². The number of hydrogen-bond donors (Lipinski definition) is 2. The standard InChI is InChI=1S/C35H54O8/c1-10-23(18(2)3)15-27(39)19(4)25-11-12-26-24-16-30(42-21(6)37)32-33(43-22(7)38)29(41-20(5)36)13-14-34(32,8)31(24)28(40)17-35(25,26)9/h10,16,18-19,25-33,39-40H,11-15,17H2,1-9H3/b23-10+/t19-,25+,26-,27+,28+,29-,30+,31+,32-,33-,34+,35+/m0/s1. The van der Waals surface area contributed by atoms with Crippen molar-refractivity contribution in [2.45, 2.75) is 131 Å². The molecule has 0 aromatic rings. The lowest BCUT2D eigenvalue weighted by molar-refractivity contribution is -0.210. The maximum absolute atomic E-state index is 12.4. The van der Waals surface area contributed by atoms with E-state index in [1.54, 1.807) is 0 Å². The minimum absolute atomic E-state index is 0.0526. The van der Waals surface area contributed by atoms with E-state index >= 15 is 0 Å². The van der Waals surface area contributed by atoms with Crippen LogP contribution < -0.4 is 0 Å². The van der Waals surface area contributed by atoms with Crippen LogP contribution in [-0.2, 0) is 28.6 Å². The summed E-state index contributed by atoms with van der Waals surface area (Å²) in [6, 6.07) is 0. The van der Waals surface area contributed by atoms with Gasteiger partial charge in [0, 0.05) is 32.6 Å². The summed E-state index contributed by atoms with van der Waals surface area (Å²) in [5.41, 5.74) is 1.58. The highest BCUT2D eigenvalue weighted by molar-refractivity contribution is 5.68. The van der Waals surface area contributed by atoms with Gasteiger partial charge in [-0.25, -0.2) is 0 Å². The fraction of sp³-hybridized carbons (Fsp3) is 0.800. The van der Waals surface area contributed by atoms with Crippen LogP contribution in [-0.4, -0.2) is 58.6 Å². The largest absolute Gasteiger partial charge is 0.459 e. The SMILES string of the molecule is C/C=C(\C[C@@H](O)[C@@H](C)[C@H]1CC[C@H]2C3=C[C@@H](OC(C)=O)[C@H]4[C@@H](OC(C)=O)[C@@H](OC(C)=O)CC[C@]4(C)[C@H]3[C@H](O)C[C@]12C)C(C)C. The fourth-order valence-electron chi connectivity index (χ4n) is 9.99. The molecule has 12 atom stereocenters. The molecule has 8 nitrogen and oxygen atoms in total. The van der Waals surface area contributed by atoms with Gasteiger partial charge in [-0.1, -0.05) is 51.8 Å². The summed E-state index contributed by atoms with van der Waals surface area (Å²) in [7, 11) is 0. The molecule has 0 bridgehead atoms. The molecule has 0 aliphatic heterocycles. The van der Waals surface area contributed by atoms with Crippen molar-refractivity contribution in [2.24, 2.45) is 46.3 Å². The number of rotatable bonds is 8. The minimum Gasteiger partial charge on any atom is -0.459 e. The summed E-state index contributed by atoms with van der Waals surface area (Å²) in [4.78, 5) is 36.8. The summed E-state index contributed by atoms with van der Waals surface area (Å²) < 4.78 is 17.5. The Kier molecular flexibility index (Phi) is 9.92. The van der Waals surface area contributed by atoms with E-state index in [1.807, 2.05) is 13.0 Å². The predicted molar refractivity (Wildman–Crippen MR) is 162 cm³/mol. The Labute approximate surface area is 257 Å². The van der Waals surface area contributed by atoms with E-state index < -0.39 is 59.8 Å². The second kappa shape index (κ2) is 12.7. The second-order valence-corrected chi connectivity index (χ2v) is 14.7. The van der Waals surface area contributed by atoms with Crippen molar-refractivity contribution < 1.29 is 38.8 Å². The van der Waals surface area contributed by atoms with Crippen molar-refractivity contribution in [1.29, 1.82) is 0 Å².